The molecule has 1 amide bonds. The normalized spacial score (nSPS) is 18.9. The fraction of sp³-hybridized carbons (Fsp3) is 0.435. The van der Waals surface area contributed by atoms with Crippen LogP contribution in [0.25, 0.3) is 10.8 Å². The van der Waals surface area contributed by atoms with Crippen LogP contribution in [0.2, 0.25) is 0 Å². The predicted octanol–water partition coefficient (Wildman–Crippen LogP) is 3.18. The zero-order valence-electron chi connectivity index (χ0n) is 17.9. The molecular weight excluding hydrogens is 426 g/mol. The third-order valence-electron chi connectivity index (χ3n) is 5.77. The summed E-state index contributed by atoms with van der Waals surface area (Å²) in [5.74, 6) is 1.03. The lowest BCUT2D eigenvalue weighted by Crippen LogP contribution is -2.38. The Hall–Kier alpha value is -2.62. The number of carbonyl (C=O) groups excluding carboxylic acids is 1. The highest BCUT2D eigenvalue weighted by Crippen LogP contribution is 2.26. The molecule has 2 aromatic carbocycles. The van der Waals surface area contributed by atoms with Gasteiger partial charge >= 0.3 is 0 Å². The third-order valence-corrected chi connectivity index (χ3v) is 6.73. The number of carbonyl (C=O) groups is 1. The maximum absolute atomic E-state index is 12.6. The number of ether oxygens (including phenoxy) is 2. The first kappa shape index (κ1) is 21.2. The maximum atomic E-state index is 12.6. The first-order valence-electron chi connectivity index (χ1n) is 11.1. The molecule has 1 unspecified atom stereocenters. The van der Waals surface area contributed by atoms with Gasteiger partial charge in [0.1, 0.15) is 0 Å². The number of aromatic nitrogens is 3. The van der Waals surface area contributed by atoms with Crippen molar-refractivity contribution < 1.29 is 14.3 Å². The van der Waals surface area contributed by atoms with Crippen molar-refractivity contribution >= 4 is 40.1 Å². The number of thioether (sulfide) groups is 1. The summed E-state index contributed by atoms with van der Waals surface area (Å²) in [5, 5.41) is 14.9. The van der Waals surface area contributed by atoms with E-state index < -0.39 is 0 Å². The first-order valence-corrected chi connectivity index (χ1v) is 12.0. The lowest BCUT2D eigenvalue weighted by molar-refractivity contribution is -0.113. The molecule has 0 aliphatic carbocycles. The number of hydrogen-bond acceptors (Lipinski definition) is 7. The summed E-state index contributed by atoms with van der Waals surface area (Å²) < 4.78 is 13.4. The predicted molar refractivity (Wildman–Crippen MR) is 125 cm³/mol. The zero-order valence-corrected chi connectivity index (χ0v) is 18.7. The van der Waals surface area contributed by atoms with Crippen LogP contribution in [0.15, 0.2) is 47.6 Å². The first-order chi connectivity index (χ1) is 15.8. The second kappa shape index (κ2) is 9.89. The average Bonchev–Trinajstić information content (AvgIpc) is 3.49. The standard InChI is InChI=1S/C23H27N5O3S/c29-21(24-19-8-7-17-4-1-2-5-18(17)14-19)16-32-23-26-25-22(27-9-12-30-13-10-27)28(23)15-20-6-3-11-31-20/h1-2,4-5,7-8,14,20H,3,6,9-13,15-16H2,(H,24,29). The highest BCUT2D eigenvalue weighted by molar-refractivity contribution is 7.99. The van der Waals surface area contributed by atoms with Crippen LogP contribution in [-0.4, -0.2) is 65.4 Å². The number of benzene rings is 2. The van der Waals surface area contributed by atoms with Gasteiger partial charge in [-0.15, -0.1) is 10.2 Å². The van der Waals surface area contributed by atoms with E-state index in [2.05, 4.69) is 31.0 Å². The van der Waals surface area contributed by atoms with Crippen LogP contribution in [0.5, 0.6) is 0 Å². The number of hydrogen-bond donors (Lipinski definition) is 1. The smallest absolute Gasteiger partial charge is 0.234 e. The van der Waals surface area contributed by atoms with E-state index in [1.165, 1.54) is 11.8 Å². The molecule has 2 aliphatic rings. The fourth-order valence-corrected chi connectivity index (χ4v) is 4.87. The Kier molecular flexibility index (Phi) is 6.56. The van der Waals surface area contributed by atoms with Gasteiger partial charge in [0, 0.05) is 25.4 Å². The van der Waals surface area contributed by atoms with Gasteiger partial charge in [-0.3, -0.25) is 9.36 Å². The van der Waals surface area contributed by atoms with Gasteiger partial charge in [0.05, 0.1) is 31.6 Å². The van der Waals surface area contributed by atoms with Gasteiger partial charge in [0.15, 0.2) is 5.16 Å². The fourth-order valence-electron chi connectivity index (χ4n) is 4.13. The maximum Gasteiger partial charge on any atom is 0.234 e. The SMILES string of the molecule is O=C(CSc1nnc(N2CCOCC2)n1CC1CCCO1)Nc1ccc2ccccc2c1. The van der Waals surface area contributed by atoms with Crippen molar-refractivity contribution in [2.75, 3.05) is 48.9 Å². The second-order valence-corrected chi connectivity index (χ2v) is 8.97. The van der Waals surface area contributed by atoms with E-state index in [1.807, 2.05) is 36.4 Å². The Labute approximate surface area is 191 Å². The van der Waals surface area contributed by atoms with E-state index in [4.69, 9.17) is 9.47 Å². The monoisotopic (exact) mass is 453 g/mol. The van der Waals surface area contributed by atoms with Crippen molar-refractivity contribution in [3.8, 4) is 0 Å². The van der Waals surface area contributed by atoms with Crippen molar-refractivity contribution in [1.29, 1.82) is 0 Å². The van der Waals surface area contributed by atoms with E-state index in [0.29, 0.717) is 19.8 Å². The summed E-state index contributed by atoms with van der Waals surface area (Å²) in [4.78, 5) is 14.8. The van der Waals surface area contributed by atoms with E-state index in [0.717, 1.165) is 60.1 Å². The topological polar surface area (TPSA) is 81.5 Å². The summed E-state index contributed by atoms with van der Waals surface area (Å²) in [6.45, 7) is 4.45. The summed E-state index contributed by atoms with van der Waals surface area (Å²) in [6, 6.07) is 14.1. The summed E-state index contributed by atoms with van der Waals surface area (Å²) >= 11 is 1.41. The number of fused-ring (bicyclic) bond motifs is 1. The van der Waals surface area contributed by atoms with Gasteiger partial charge in [-0.2, -0.15) is 0 Å². The largest absolute Gasteiger partial charge is 0.378 e. The van der Waals surface area contributed by atoms with Crippen LogP contribution in [0.4, 0.5) is 11.6 Å². The van der Waals surface area contributed by atoms with Crippen LogP contribution >= 0.6 is 11.8 Å². The highest BCUT2D eigenvalue weighted by atomic mass is 32.2. The number of rotatable bonds is 7. The van der Waals surface area contributed by atoms with Gasteiger partial charge in [-0.25, -0.2) is 0 Å². The van der Waals surface area contributed by atoms with Crippen LogP contribution in [0.3, 0.4) is 0 Å². The highest BCUT2D eigenvalue weighted by Gasteiger charge is 2.25. The van der Waals surface area contributed by atoms with Gasteiger partial charge in [-0.1, -0.05) is 42.1 Å². The number of nitrogens with one attached hydrogen (secondary N) is 1. The van der Waals surface area contributed by atoms with Gasteiger partial charge in [0.25, 0.3) is 0 Å². The minimum absolute atomic E-state index is 0.0649. The molecule has 168 valence electrons. The van der Waals surface area contributed by atoms with Gasteiger partial charge < -0.3 is 19.7 Å². The summed E-state index contributed by atoms with van der Waals surface area (Å²) in [5.41, 5.74) is 0.795. The summed E-state index contributed by atoms with van der Waals surface area (Å²) in [6.07, 6.45) is 2.28. The van der Waals surface area contributed by atoms with Crippen LogP contribution < -0.4 is 10.2 Å². The molecule has 1 aromatic heterocycles. The average molecular weight is 454 g/mol. The molecule has 2 fully saturated rings. The lowest BCUT2D eigenvalue weighted by Gasteiger charge is -2.28. The van der Waals surface area contributed by atoms with Crippen LogP contribution in [0, 0.1) is 0 Å². The van der Waals surface area contributed by atoms with Crippen LogP contribution in [-0.2, 0) is 20.8 Å². The minimum Gasteiger partial charge on any atom is -0.378 e. The van der Waals surface area contributed by atoms with E-state index >= 15 is 0 Å². The summed E-state index contributed by atoms with van der Waals surface area (Å²) in [7, 11) is 0. The quantitative estimate of drug-likeness (QED) is 0.550. The Bertz CT molecular complexity index is 1080. The minimum atomic E-state index is -0.0649. The molecule has 2 saturated heterocycles. The molecule has 3 aromatic rings. The molecule has 3 heterocycles. The van der Waals surface area contributed by atoms with Crippen molar-refractivity contribution in [3.05, 3.63) is 42.5 Å². The van der Waals surface area contributed by atoms with Crippen LogP contribution in [0.1, 0.15) is 12.8 Å². The molecule has 2 aliphatic heterocycles. The van der Waals surface area contributed by atoms with Crippen molar-refractivity contribution in [2.45, 2.75) is 30.6 Å². The zero-order chi connectivity index (χ0) is 21.8. The van der Waals surface area contributed by atoms with E-state index in [9.17, 15) is 4.79 Å². The number of amides is 1. The molecule has 9 heteroatoms. The van der Waals surface area contributed by atoms with Crippen molar-refractivity contribution in [2.24, 2.45) is 0 Å². The Morgan fingerprint density at radius 3 is 2.75 bits per heavy atom. The van der Waals surface area contributed by atoms with E-state index in [-0.39, 0.29) is 17.8 Å². The molecule has 0 bridgehead atoms. The molecular formula is C23H27N5O3S. The molecule has 0 spiro atoms. The van der Waals surface area contributed by atoms with Gasteiger partial charge in [-0.05, 0) is 35.7 Å². The van der Waals surface area contributed by atoms with Gasteiger partial charge in [0.2, 0.25) is 11.9 Å². The number of anilines is 2. The number of morpholine rings is 1. The Morgan fingerprint density at radius 2 is 1.94 bits per heavy atom. The molecule has 8 nitrogen and oxygen atoms in total. The molecule has 0 saturated carbocycles. The second-order valence-electron chi connectivity index (χ2n) is 8.03. The number of nitrogens with zero attached hydrogens (tertiary/aromatic N) is 4. The molecule has 5 rings (SSSR count). The molecule has 32 heavy (non-hydrogen) atoms. The van der Waals surface area contributed by atoms with E-state index in [1.54, 1.807) is 0 Å². The molecule has 1 atom stereocenters. The Morgan fingerprint density at radius 1 is 1.09 bits per heavy atom. The Balaban J connectivity index is 1.27. The third kappa shape index (κ3) is 4.90. The molecule has 0 radical (unpaired) electrons. The lowest BCUT2D eigenvalue weighted by atomic mass is 10.1. The van der Waals surface area contributed by atoms with Crippen molar-refractivity contribution in [1.82, 2.24) is 14.8 Å². The molecule has 1 N–H and O–H groups in total. The van der Waals surface area contributed by atoms with Crippen molar-refractivity contribution in [3.63, 3.8) is 0 Å².